The van der Waals surface area contributed by atoms with Crippen LogP contribution in [0.15, 0.2) is 34.4 Å². The highest BCUT2D eigenvalue weighted by Crippen LogP contribution is 2.52. The second kappa shape index (κ2) is 6.46. The average Bonchev–Trinajstić information content (AvgIpc) is 2.43. The standard InChI is InChI=1S/C20H28O3/c1-12(2)9-19(22)23-18-8-7-15-10-17(21)16(13(3)4)11-20(15,6)14(18)5/h9-10,14,18H,7-8,11H2,1-6H3/t14-,18-,20-/m1/s1. The zero-order chi connectivity index (χ0) is 17.4. The molecule has 1 saturated carbocycles. The van der Waals surface area contributed by atoms with E-state index in [1.807, 2.05) is 33.8 Å². The Hall–Kier alpha value is -1.64. The first-order chi connectivity index (χ1) is 10.6. The van der Waals surface area contributed by atoms with Crippen LogP contribution in [0.3, 0.4) is 0 Å². The molecule has 0 aromatic carbocycles. The van der Waals surface area contributed by atoms with Gasteiger partial charge in [-0.25, -0.2) is 4.79 Å². The number of allylic oxidation sites excluding steroid dienone is 5. The zero-order valence-electron chi connectivity index (χ0n) is 15.2. The lowest BCUT2D eigenvalue weighted by molar-refractivity contribution is -0.149. The molecule has 23 heavy (non-hydrogen) atoms. The average molecular weight is 316 g/mol. The second-order valence-corrected chi connectivity index (χ2v) is 7.63. The molecule has 126 valence electrons. The van der Waals surface area contributed by atoms with Crippen LogP contribution in [-0.4, -0.2) is 17.9 Å². The van der Waals surface area contributed by atoms with E-state index in [-0.39, 0.29) is 29.2 Å². The molecule has 0 aromatic heterocycles. The van der Waals surface area contributed by atoms with Gasteiger partial charge in [0.25, 0.3) is 0 Å². The Kier molecular flexibility index (Phi) is 4.98. The minimum Gasteiger partial charge on any atom is -0.459 e. The van der Waals surface area contributed by atoms with Crippen LogP contribution < -0.4 is 0 Å². The molecular formula is C20H28O3. The van der Waals surface area contributed by atoms with Gasteiger partial charge in [0, 0.05) is 12.0 Å². The summed E-state index contributed by atoms with van der Waals surface area (Å²) in [6, 6.07) is 0. The fourth-order valence-corrected chi connectivity index (χ4v) is 3.75. The van der Waals surface area contributed by atoms with Crippen molar-refractivity contribution in [3.05, 3.63) is 34.4 Å². The van der Waals surface area contributed by atoms with Gasteiger partial charge in [-0.15, -0.1) is 0 Å². The van der Waals surface area contributed by atoms with E-state index in [4.69, 9.17) is 4.74 Å². The van der Waals surface area contributed by atoms with Gasteiger partial charge < -0.3 is 4.74 Å². The number of hydrogen-bond donors (Lipinski definition) is 0. The van der Waals surface area contributed by atoms with Crippen molar-refractivity contribution in [3.8, 4) is 0 Å². The highest BCUT2D eigenvalue weighted by atomic mass is 16.5. The first kappa shape index (κ1) is 17.7. The van der Waals surface area contributed by atoms with Crippen LogP contribution in [0, 0.1) is 11.3 Å². The summed E-state index contributed by atoms with van der Waals surface area (Å²) in [5, 5.41) is 0. The zero-order valence-corrected chi connectivity index (χ0v) is 15.2. The molecule has 0 amide bonds. The van der Waals surface area contributed by atoms with Crippen molar-refractivity contribution in [1.29, 1.82) is 0 Å². The van der Waals surface area contributed by atoms with Gasteiger partial charge in [-0.05, 0) is 64.0 Å². The summed E-state index contributed by atoms with van der Waals surface area (Å²) in [5.41, 5.74) is 4.06. The number of esters is 1. The molecule has 3 heteroatoms. The van der Waals surface area contributed by atoms with Crippen molar-refractivity contribution in [2.75, 3.05) is 0 Å². The van der Waals surface area contributed by atoms with Crippen molar-refractivity contribution in [2.45, 2.75) is 66.9 Å². The van der Waals surface area contributed by atoms with E-state index in [2.05, 4.69) is 13.8 Å². The SMILES string of the molecule is CC(C)=CC(=O)O[C@@H]1CCC2=CC(=O)C(=C(C)C)C[C@]2(C)[C@@H]1C. The molecule has 0 heterocycles. The van der Waals surface area contributed by atoms with E-state index >= 15 is 0 Å². The number of hydrogen-bond acceptors (Lipinski definition) is 3. The third kappa shape index (κ3) is 3.49. The molecule has 2 aliphatic carbocycles. The molecule has 0 N–H and O–H groups in total. The van der Waals surface area contributed by atoms with Crippen LogP contribution in [0.4, 0.5) is 0 Å². The van der Waals surface area contributed by atoms with Crippen molar-refractivity contribution in [2.24, 2.45) is 11.3 Å². The van der Waals surface area contributed by atoms with E-state index in [0.717, 1.165) is 36.0 Å². The molecule has 2 aliphatic rings. The number of rotatable bonds is 2. The Labute approximate surface area is 139 Å². The molecule has 0 unspecified atom stereocenters. The largest absolute Gasteiger partial charge is 0.459 e. The predicted octanol–water partition coefficient (Wildman–Crippen LogP) is 4.54. The van der Waals surface area contributed by atoms with Crippen LogP contribution in [-0.2, 0) is 14.3 Å². The molecule has 0 aromatic rings. The highest BCUT2D eigenvalue weighted by molar-refractivity contribution is 6.06. The lowest BCUT2D eigenvalue weighted by atomic mass is 9.58. The Morgan fingerprint density at radius 2 is 1.96 bits per heavy atom. The number of ether oxygens (including phenoxy) is 1. The van der Waals surface area contributed by atoms with E-state index in [0.29, 0.717) is 0 Å². The molecule has 0 radical (unpaired) electrons. The van der Waals surface area contributed by atoms with Crippen molar-refractivity contribution < 1.29 is 14.3 Å². The minimum atomic E-state index is -0.257. The van der Waals surface area contributed by atoms with Gasteiger partial charge >= 0.3 is 5.97 Å². The summed E-state index contributed by atoms with van der Waals surface area (Å²) >= 11 is 0. The predicted molar refractivity (Wildman–Crippen MR) is 91.9 cm³/mol. The molecule has 3 atom stereocenters. The quantitative estimate of drug-likeness (QED) is 0.555. The van der Waals surface area contributed by atoms with Gasteiger partial charge in [0.2, 0.25) is 0 Å². The Balaban J connectivity index is 2.27. The van der Waals surface area contributed by atoms with E-state index in [1.165, 1.54) is 5.57 Å². The topological polar surface area (TPSA) is 43.4 Å². The van der Waals surface area contributed by atoms with Gasteiger partial charge in [-0.3, -0.25) is 4.79 Å². The Morgan fingerprint density at radius 1 is 1.30 bits per heavy atom. The monoisotopic (exact) mass is 316 g/mol. The fraction of sp³-hybridized carbons (Fsp3) is 0.600. The number of carbonyl (C=O) groups is 2. The number of fused-ring (bicyclic) bond motifs is 1. The van der Waals surface area contributed by atoms with Gasteiger partial charge in [0.15, 0.2) is 5.78 Å². The van der Waals surface area contributed by atoms with Crippen molar-refractivity contribution in [1.82, 2.24) is 0 Å². The molecule has 1 fully saturated rings. The summed E-state index contributed by atoms with van der Waals surface area (Å²) in [5.74, 6) is 0.0938. The highest BCUT2D eigenvalue weighted by Gasteiger charge is 2.47. The summed E-state index contributed by atoms with van der Waals surface area (Å²) in [6.07, 6.45) is 5.66. The van der Waals surface area contributed by atoms with Gasteiger partial charge in [-0.1, -0.05) is 30.6 Å². The molecule has 0 aliphatic heterocycles. The van der Waals surface area contributed by atoms with Crippen molar-refractivity contribution >= 4 is 11.8 Å². The van der Waals surface area contributed by atoms with Crippen molar-refractivity contribution in [3.63, 3.8) is 0 Å². The molecule has 0 bridgehead atoms. The second-order valence-electron chi connectivity index (χ2n) is 7.63. The maximum atomic E-state index is 12.3. The molecule has 2 rings (SSSR count). The third-order valence-electron chi connectivity index (χ3n) is 5.42. The minimum absolute atomic E-state index is 0.0909. The fourth-order valence-electron chi connectivity index (χ4n) is 3.75. The first-order valence-electron chi connectivity index (χ1n) is 8.42. The maximum Gasteiger partial charge on any atom is 0.330 e. The van der Waals surface area contributed by atoms with Crippen LogP contribution in [0.25, 0.3) is 0 Å². The van der Waals surface area contributed by atoms with E-state index < -0.39 is 0 Å². The van der Waals surface area contributed by atoms with Crippen LogP contribution >= 0.6 is 0 Å². The smallest absolute Gasteiger partial charge is 0.330 e. The summed E-state index contributed by atoms with van der Waals surface area (Å²) < 4.78 is 5.71. The lowest BCUT2D eigenvalue weighted by Gasteiger charge is -2.48. The summed E-state index contributed by atoms with van der Waals surface area (Å²) in [6.45, 7) is 12.1. The first-order valence-corrected chi connectivity index (χ1v) is 8.42. The number of ketones is 1. The van der Waals surface area contributed by atoms with Gasteiger partial charge in [-0.2, -0.15) is 0 Å². The van der Waals surface area contributed by atoms with Gasteiger partial charge in [0.05, 0.1) is 0 Å². The van der Waals surface area contributed by atoms with Gasteiger partial charge in [0.1, 0.15) is 6.10 Å². The van der Waals surface area contributed by atoms with Crippen LogP contribution in [0.2, 0.25) is 0 Å². The summed E-state index contributed by atoms with van der Waals surface area (Å²) in [4.78, 5) is 24.3. The molecular weight excluding hydrogens is 288 g/mol. The summed E-state index contributed by atoms with van der Waals surface area (Å²) in [7, 11) is 0. The molecule has 3 nitrogen and oxygen atoms in total. The molecule has 0 saturated heterocycles. The Morgan fingerprint density at radius 3 is 2.52 bits per heavy atom. The normalized spacial score (nSPS) is 30.3. The lowest BCUT2D eigenvalue weighted by Crippen LogP contribution is -2.44. The van der Waals surface area contributed by atoms with E-state index in [9.17, 15) is 9.59 Å². The third-order valence-corrected chi connectivity index (χ3v) is 5.42. The molecule has 0 spiro atoms. The van der Waals surface area contributed by atoms with Crippen LogP contribution in [0.1, 0.15) is 60.8 Å². The number of carbonyl (C=O) groups excluding carboxylic acids is 2. The Bertz CT molecular complexity index is 613. The maximum absolute atomic E-state index is 12.3. The van der Waals surface area contributed by atoms with E-state index in [1.54, 1.807) is 6.08 Å². The van der Waals surface area contributed by atoms with Crippen LogP contribution in [0.5, 0.6) is 0 Å².